The van der Waals surface area contributed by atoms with E-state index in [0.29, 0.717) is 12.8 Å². The van der Waals surface area contributed by atoms with E-state index in [1.165, 1.54) is 19.4 Å². The summed E-state index contributed by atoms with van der Waals surface area (Å²) in [6, 6.07) is 5.21. The van der Waals surface area contributed by atoms with Crippen LogP contribution in [-0.2, 0) is 17.1 Å². The lowest BCUT2D eigenvalue weighted by Crippen LogP contribution is -2.18. The van der Waals surface area contributed by atoms with Crippen LogP contribution in [0.25, 0.3) is 0 Å². The van der Waals surface area contributed by atoms with Crippen molar-refractivity contribution in [3.05, 3.63) is 29.5 Å². The van der Waals surface area contributed by atoms with Crippen molar-refractivity contribution in [1.29, 1.82) is 5.26 Å². The van der Waals surface area contributed by atoms with E-state index in [9.17, 15) is 8.42 Å². The maximum Gasteiger partial charge on any atom is 0.281 e. The number of aryl methyl sites for hydroxylation is 1. The molecule has 122 valence electrons. The Bertz CT molecular complexity index is 809. The number of hydrogen-bond donors (Lipinski definition) is 1. The number of pyridine rings is 1. The lowest BCUT2D eigenvalue weighted by molar-refractivity contribution is 0.313. The molecule has 0 radical (unpaired) electrons. The van der Waals surface area contributed by atoms with Crippen LogP contribution in [0.5, 0.6) is 5.75 Å². The molecule has 1 N–H and O–H groups in total. The van der Waals surface area contributed by atoms with E-state index >= 15 is 0 Å². The molecule has 2 heterocycles. The van der Waals surface area contributed by atoms with Crippen LogP contribution < -0.4 is 9.46 Å². The maximum atomic E-state index is 12.4. The van der Waals surface area contributed by atoms with Gasteiger partial charge in [0.05, 0.1) is 23.9 Å². The fourth-order valence-electron chi connectivity index (χ4n) is 1.79. The number of nitrogens with zero attached hydrogens (tertiary/aromatic N) is 4. The van der Waals surface area contributed by atoms with Gasteiger partial charge in [0.15, 0.2) is 16.6 Å². The molecule has 0 saturated carbocycles. The molecule has 0 aliphatic heterocycles. The van der Waals surface area contributed by atoms with Gasteiger partial charge in [-0.2, -0.15) is 18.8 Å². The van der Waals surface area contributed by atoms with E-state index in [1.807, 2.05) is 6.07 Å². The van der Waals surface area contributed by atoms with Gasteiger partial charge in [-0.3, -0.25) is 9.40 Å². The number of aromatic nitrogens is 3. The Morgan fingerprint density at radius 2 is 2.30 bits per heavy atom. The second-order valence-electron chi connectivity index (χ2n) is 4.49. The molecule has 0 aliphatic carbocycles. The van der Waals surface area contributed by atoms with E-state index in [1.54, 1.807) is 12.1 Å². The Balaban J connectivity index is 2.21. The number of nitrogens with one attached hydrogen (secondary N) is 1. The van der Waals surface area contributed by atoms with Gasteiger partial charge in [0.2, 0.25) is 0 Å². The highest BCUT2D eigenvalue weighted by Gasteiger charge is 2.24. The highest BCUT2D eigenvalue weighted by atomic mass is 35.5. The van der Waals surface area contributed by atoms with Crippen molar-refractivity contribution in [1.82, 2.24) is 14.8 Å². The van der Waals surface area contributed by atoms with Crippen molar-refractivity contribution in [3.63, 3.8) is 0 Å². The third kappa shape index (κ3) is 4.12. The van der Waals surface area contributed by atoms with Crippen molar-refractivity contribution in [2.45, 2.75) is 17.9 Å². The lowest BCUT2D eigenvalue weighted by atomic mass is 10.3. The Morgan fingerprint density at radius 1 is 1.52 bits per heavy atom. The quantitative estimate of drug-likeness (QED) is 0.760. The molecule has 10 heteroatoms. The summed E-state index contributed by atoms with van der Waals surface area (Å²) in [6.45, 7) is 0.278. The monoisotopic (exact) mass is 355 g/mol. The molecule has 0 unspecified atom stereocenters. The first-order chi connectivity index (χ1) is 11.0. The molecule has 0 bridgehead atoms. The molecular formula is C13H14ClN5O3S. The van der Waals surface area contributed by atoms with Crippen molar-refractivity contribution in [2.75, 3.05) is 11.3 Å². The minimum absolute atomic E-state index is 0.00687. The summed E-state index contributed by atoms with van der Waals surface area (Å²) in [5.74, 6) is 0.314. The number of nitriles is 1. The molecule has 0 amide bonds. The zero-order valence-electron chi connectivity index (χ0n) is 12.2. The Morgan fingerprint density at radius 3 is 2.96 bits per heavy atom. The molecule has 0 aromatic carbocycles. The van der Waals surface area contributed by atoms with Gasteiger partial charge in [-0.15, -0.1) is 0 Å². The fourth-order valence-corrected chi connectivity index (χ4v) is 3.47. The molecule has 0 fully saturated rings. The number of rotatable bonds is 7. The Kier molecular flexibility index (Phi) is 5.41. The van der Waals surface area contributed by atoms with Crippen molar-refractivity contribution >= 4 is 27.4 Å². The van der Waals surface area contributed by atoms with Crippen LogP contribution in [-0.4, -0.2) is 29.8 Å². The first kappa shape index (κ1) is 17.1. The summed E-state index contributed by atoms with van der Waals surface area (Å²) in [7, 11) is -2.50. The molecule has 0 saturated heterocycles. The van der Waals surface area contributed by atoms with Crippen LogP contribution in [0.1, 0.15) is 12.8 Å². The Hall–Kier alpha value is -2.31. The van der Waals surface area contributed by atoms with Gasteiger partial charge in [0.25, 0.3) is 10.0 Å². The fraction of sp³-hybridized carbons (Fsp3) is 0.308. The van der Waals surface area contributed by atoms with Crippen LogP contribution in [0.15, 0.2) is 29.6 Å². The zero-order valence-corrected chi connectivity index (χ0v) is 13.8. The number of halogens is 1. The molecule has 2 aromatic heterocycles. The summed E-state index contributed by atoms with van der Waals surface area (Å²) in [4.78, 5) is 3.98. The predicted octanol–water partition coefficient (Wildman–Crippen LogP) is 1.95. The number of unbranched alkanes of at least 4 members (excludes halogenated alkanes) is 1. The summed E-state index contributed by atoms with van der Waals surface area (Å²) in [5.41, 5.74) is 0. The van der Waals surface area contributed by atoms with Crippen LogP contribution >= 0.6 is 11.6 Å². The first-order valence-corrected chi connectivity index (χ1v) is 8.47. The summed E-state index contributed by atoms with van der Waals surface area (Å²) < 4.78 is 33.8. The van der Waals surface area contributed by atoms with E-state index < -0.39 is 10.0 Å². The van der Waals surface area contributed by atoms with Gasteiger partial charge in [0.1, 0.15) is 0 Å². The summed E-state index contributed by atoms with van der Waals surface area (Å²) >= 11 is 5.87. The third-order valence-electron chi connectivity index (χ3n) is 2.79. The largest absolute Gasteiger partial charge is 0.490 e. The molecule has 0 atom stereocenters. The van der Waals surface area contributed by atoms with Crippen molar-refractivity contribution < 1.29 is 13.2 Å². The smallest absolute Gasteiger partial charge is 0.281 e. The minimum Gasteiger partial charge on any atom is -0.490 e. The third-order valence-corrected chi connectivity index (χ3v) is 4.63. The van der Waals surface area contributed by atoms with Crippen LogP contribution in [0, 0.1) is 11.3 Å². The highest BCUT2D eigenvalue weighted by molar-refractivity contribution is 7.92. The number of hydrogen-bond acceptors (Lipinski definition) is 6. The lowest BCUT2D eigenvalue weighted by Gasteiger charge is -2.12. The van der Waals surface area contributed by atoms with Gasteiger partial charge < -0.3 is 4.74 Å². The zero-order chi connectivity index (χ0) is 16.9. The summed E-state index contributed by atoms with van der Waals surface area (Å²) in [5, 5.41) is 12.1. The number of sulfonamides is 1. The first-order valence-electron chi connectivity index (χ1n) is 6.61. The second kappa shape index (κ2) is 7.30. The average Bonchev–Trinajstić information content (AvgIpc) is 2.84. The van der Waals surface area contributed by atoms with Gasteiger partial charge in [0, 0.05) is 19.7 Å². The summed E-state index contributed by atoms with van der Waals surface area (Å²) in [6.07, 6.45) is 3.57. The van der Waals surface area contributed by atoms with E-state index in [4.69, 9.17) is 21.6 Å². The van der Waals surface area contributed by atoms with Crippen LogP contribution in [0.3, 0.4) is 0 Å². The topological polar surface area (TPSA) is 110 Å². The van der Waals surface area contributed by atoms with Gasteiger partial charge in [-0.1, -0.05) is 11.6 Å². The maximum absolute atomic E-state index is 12.4. The number of ether oxygens (including phenoxy) is 1. The molecular weight excluding hydrogens is 342 g/mol. The normalized spacial score (nSPS) is 11.0. The molecule has 8 nitrogen and oxygen atoms in total. The standard InChI is InChI=1S/C13H14ClN5O3S/c1-19-13(10(14)9-17-19)23(20,21)18-12-11(5-4-7-16-12)22-8-3-2-6-15/h4-5,7,9H,2-3,8H2,1H3,(H,16,18). The van der Waals surface area contributed by atoms with Crippen LogP contribution in [0.4, 0.5) is 5.82 Å². The predicted molar refractivity (Wildman–Crippen MR) is 83.6 cm³/mol. The molecule has 2 aromatic rings. The number of anilines is 1. The van der Waals surface area contributed by atoms with E-state index in [-0.39, 0.29) is 28.2 Å². The van der Waals surface area contributed by atoms with Crippen molar-refractivity contribution in [3.8, 4) is 11.8 Å². The van der Waals surface area contributed by atoms with Gasteiger partial charge in [-0.25, -0.2) is 4.98 Å². The second-order valence-corrected chi connectivity index (χ2v) is 6.49. The van der Waals surface area contributed by atoms with E-state index in [2.05, 4.69) is 14.8 Å². The molecule has 2 rings (SSSR count). The molecule has 0 spiro atoms. The van der Waals surface area contributed by atoms with Crippen molar-refractivity contribution in [2.24, 2.45) is 7.05 Å². The average molecular weight is 356 g/mol. The highest BCUT2D eigenvalue weighted by Crippen LogP contribution is 2.27. The van der Waals surface area contributed by atoms with E-state index in [0.717, 1.165) is 4.68 Å². The Labute approximate surface area is 138 Å². The minimum atomic E-state index is -3.97. The molecule has 23 heavy (non-hydrogen) atoms. The van der Waals surface area contributed by atoms with Crippen LogP contribution in [0.2, 0.25) is 5.02 Å². The molecule has 0 aliphatic rings. The van der Waals surface area contributed by atoms with Gasteiger partial charge >= 0.3 is 0 Å². The van der Waals surface area contributed by atoms with Gasteiger partial charge in [-0.05, 0) is 18.6 Å². The SMILES string of the molecule is Cn1ncc(Cl)c1S(=O)(=O)Nc1ncccc1OCCCC#N.